The summed E-state index contributed by atoms with van der Waals surface area (Å²) in [5, 5.41) is 14.8. The molecule has 0 radical (unpaired) electrons. The quantitative estimate of drug-likeness (QED) is 0.665. The van der Waals surface area contributed by atoms with Crippen LogP contribution in [0.1, 0.15) is 65.2 Å². The number of hydrogen-bond donors (Lipinski definition) is 3. The molecular formula is C14H26N2O3. The maximum atomic E-state index is 11.9. The second-order valence-electron chi connectivity index (χ2n) is 5.70. The molecule has 1 unspecified atom stereocenters. The van der Waals surface area contributed by atoms with E-state index < -0.39 is 11.5 Å². The van der Waals surface area contributed by atoms with Crippen LogP contribution < -0.4 is 10.6 Å². The first-order valence-corrected chi connectivity index (χ1v) is 7.28. The molecule has 0 aromatic heterocycles. The maximum Gasteiger partial charge on any atom is 0.315 e. The zero-order valence-corrected chi connectivity index (χ0v) is 12.0. The molecule has 0 aromatic carbocycles. The van der Waals surface area contributed by atoms with Gasteiger partial charge in [0.15, 0.2) is 0 Å². The number of hydrogen-bond acceptors (Lipinski definition) is 2. The minimum atomic E-state index is -0.846. The number of urea groups is 1. The lowest BCUT2D eigenvalue weighted by atomic mass is 9.93. The number of carboxylic acids is 1. The van der Waals surface area contributed by atoms with E-state index in [-0.39, 0.29) is 18.5 Å². The van der Waals surface area contributed by atoms with Crippen molar-refractivity contribution in [1.29, 1.82) is 0 Å². The lowest BCUT2D eigenvalue weighted by Gasteiger charge is -2.29. The molecule has 2 amide bonds. The normalized spacial score (nSPS) is 18.8. The topological polar surface area (TPSA) is 78.4 Å². The molecule has 5 heteroatoms. The average molecular weight is 270 g/mol. The SMILES string of the molecule is CCCCC(C)NC(=O)NC1(CC(=O)O)CCCC1. The molecule has 5 nitrogen and oxygen atoms in total. The molecule has 1 atom stereocenters. The molecule has 0 bridgehead atoms. The number of aliphatic carboxylic acids is 1. The maximum absolute atomic E-state index is 11.9. The van der Waals surface area contributed by atoms with Gasteiger partial charge in [-0.1, -0.05) is 32.6 Å². The fraction of sp³-hybridized carbons (Fsp3) is 0.857. The lowest BCUT2D eigenvalue weighted by Crippen LogP contribution is -2.53. The van der Waals surface area contributed by atoms with E-state index in [1.807, 2.05) is 6.92 Å². The second-order valence-corrected chi connectivity index (χ2v) is 5.70. The van der Waals surface area contributed by atoms with Crippen LogP contribution in [-0.2, 0) is 4.79 Å². The summed E-state index contributed by atoms with van der Waals surface area (Å²) in [6, 6.07) is -0.102. The van der Waals surface area contributed by atoms with E-state index in [9.17, 15) is 9.59 Å². The fourth-order valence-electron chi connectivity index (χ4n) is 2.77. The van der Waals surface area contributed by atoms with Crippen LogP contribution in [0.15, 0.2) is 0 Å². The molecule has 0 heterocycles. The first-order valence-electron chi connectivity index (χ1n) is 7.28. The van der Waals surface area contributed by atoms with Gasteiger partial charge in [0.05, 0.1) is 12.0 Å². The number of carbonyl (C=O) groups is 2. The largest absolute Gasteiger partial charge is 0.481 e. The van der Waals surface area contributed by atoms with Gasteiger partial charge < -0.3 is 15.7 Å². The molecule has 1 aliphatic rings. The molecule has 3 N–H and O–H groups in total. The number of carboxylic acid groups (broad SMARTS) is 1. The number of nitrogens with one attached hydrogen (secondary N) is 2. The van der Waals surface area contributed by atoms with Gasteiger partial charge in [0, 0.05) is 6.04 Å². The number of carbonyl (C=O) groups excluding carboxylic acids is 1. The molecule has 110 valence electrons. The van der Waals surface area contributed by atoms with E-state index in [1.54, 1.807) is 0 Å². The highest BCUT2D eigenvalue weighted by atomic mass is 16.4. The van der Waals surface area contributed by atoms with Crippen molar-refractivity contribution in [3.05, 3.63) is 0 Å². The Hall–Kier alpha value is -1.26. The Morgan fingerprint density at radius 1 is 1.32 bits per heavy atom. The Bertz CT molecular complexity index is 312. The molecule has 0 spiro atoms. The summed E-state index contributed by atoms with van der Waals surface area (Å²) in [7, 11) is 0. The summed E-state index contributed by atoms with van der Waals surface area (Å²) in [5.41, 5.74) is -0.541. The minimum absolute atomic E-state index is 0.0176. The highest BCUT2D eigenvalue weighted by Crippen LogP contribution is 2.32. The van der Waals surface area contributed by atoms with E-state index in [0.29, 0.717) is 0 Å². The van der Waals surface area contributed by atoms with Crippen molar-refractivity contribution in [2.75, 3.05) is 0 Å². The van der Waals surface area contributed by atoms with Crippen LogP contribution in [0.2, 0.25) is 0 Å². The molecule has 1 rings (SSSR count). The highest BCUT2D eigenvalue weighted by molar-refractivity contribution is 5.77. The van der Waals surface area contributed by atoms with Crippen molar-refractivity contribution in [1.82, 2.24) is 10.6 Å². The summed E-state index contributed by atoms with van der Waals surface area (Å²) >= 11 is 0. The number of unbranched alkanes of at least 4 members (excludes halogenated alkanes) is 1. The molecule has 0 aromatic rings. The van der Waals surface area contributed by atoms with Crippen LogP contribution in [0.4, 0.5) is 4.79 Å². The van der Waals surface area contributed by atoms with Gasteiger partial charge in [0.2, 0.25) is 0 Å². The molecule has 1 saturated carbocycles. The van der Waals surface area contributed by atoms with Crippen molar-refractivity contribution in [3.8, 4) is 0 Å². The van der Waals surface area contributed by atoms with Gasteiger partial charge in [0.25, 0.3) is 0 Å². The molecule has 0 saturated heterocycles. The van der Waals surface area contributed by atoms with Gasteiger partial charge in [-0.05, 0) is 26.2 Å². The monoisotopic (exact) mass is 270 g/mol. The minimum Gasteiger partial charge on any atom is -0.481 e. The van der Waals surface area contributed by atoms with Gasteiger partial charge in [-0.15, -0.1) is 0 Å². The summed E-state index contributed by atoms with van der Waals surface area (Å²) in [4.78, 5) is 22.9. The highest BCUT2D eigenvalue weighted by Gasteiger charge is 2.37. The van der Waals surface area contributed by atoms with Crippen LogP contribution in [0.25, 0.3) is 0 Å². The van der Waals surface area contributed by atoms with Gasteiger partial charge in [-0.25, -0.2) is 4.79 Å². The van der Waals surface area contributed by atoms with Crippen molar-refractivity contribution < 1.29 is 14.7 Å². The molecule has 1 fully saturated rings. The zero-order valence-electron chi connectivity index (χ0n) is 12.0. The Labute approximate surface area is 115 Å². The second kappa shape index (κ2) is 7.36. The van der Waals surface area contributed by atoms with Gasteiger partial charge in [-0.3, -0.25) is 4.79 Å². The Morgan fingerprint density at radius 3 is 2.47 bits per heavy atom. The third kappa shape index (κ3) is 5.49. The lowest BCUT2D eigenvalue weighted by molar-refractivity contribution is -0.138. The third-order valence-corrected chi connectivity index (χ3v) is 3.80. The summed E-state index contributed by atoms with van der Waals surface area (Å²) in [6.45, 7) is 4.10. The number of rotatable bonds is 7. The van der Waals surface area contributed by atoms with Crippen LogP contribution in [0.3, 0.4) is 0 Å². The third-order valence-electron chi connectivity index (χ3n) is 3.80. The fourth-order valence-corrected chi connectivity index (χ4v) is 2.77. The van der Waals surface area contributed by atoms with Crippen molar-refractivity contribution in [2.45, 2.75) is 76.8 Å². The smallest absolute Gasteiger partial charge is 0.315 e. The van der Waals surface area contributed by atoms with Gasteiger partial charge >= 0.3 is 12.0 Å². The van der Waals surface area contributed by atoms with E-state index in [0.717, 1.165) is 44.9 Å². The van der Waals surface area contributed by atoms with Crippen LogP contribution >= 0.6 is 0 Å². The Kier molecular flexibility index (Phi) is 6.12. The average Bonchev–Trinajstić information content (AvgIpc) is 2.73. The van der Waals surface area contributed by atoms with Crippen LogP contribution in [0.5, 0.6) is 0 Å². The summed E-state index contributed by atoms with van der Waals surface area (Å²) < 4.78 is 0. The summed E-state index contributed by atoms with van der Waals surface area (Å²) in [6.07, 6.45) is 6.65. The Balaban J connectivity index is 2.45. The number of amides is 2. The molecule has 19 heavy (non-hydrogen) atoms. The molecule has 0 aliphatic heterocycles. The predicted octanol–water partition coefficient (Wildman–Crippen LogP) is 2.65. The van der Waals surface area contributed by atoms with E-state index >= 15 is 0 Å². The summed E-state index contributed by atoms with van der Waals surface area (Å²) in [5.74, 6) is -0.846. The van der Waals surface area contributed by atoms with E-state index in [2.05, 4.69) is 17.6 Å². The van der Waals surface area contributed by atoms with Gasteiger partial charge in [-0.2, -0.15) is 0 Å². The van der Waals surface area contributed by atoms with Gasteiger partial charge in [0.1, 0.15) is 0 Å². The van der Waals surface area contributed by atoms with Crippen molar-refractivity contribution >= 4 is 12.0 Å². The van der Waals surface area contributed by atoms with Crippen LogP contribution in [0, 0.1) is 0 Å². The standard InChI is InChI=1S/C14H26N2O3/c1-3-4-7-11(2)15-13(19)16-14(10-12(17)18)8-5-6-9-14/h11H,3-10H2,1-2H3,(H,17,18)(H2,15,16,19). The Morgan fingerprint density at radius 2 is 1.95 bits per heavy atom. The van der Waals surface area contributed by atoms with E-state index in [4.69, 9.17) is 5.11 Å². The first kappa shape index (κ1) is 15.8. The van der Waals surface area contributed by atoms with Crippen LogP contribution in [-0.4, -0.2) is 28.7 Å². The zero-order chi connectivity index (χ0) is 14.3. The molecular weight excluding hydrogens is 244 g/mol. The van der Waals surface area contributed by atoms with E-state index in [1.165, 1.54) is 0 Å². The predicted molar refractivity (Wildman–Crippen MR) is 74.1 cm³/mol. The van der Waals surface area contributed by atoms with Crippen molar-refractivity contribution in [3.63, 3.8) is 0 Å². The first-order chi connectivity index (χ1) is 8.97. The van der Waals surface area contributed by atoms with Crippen molar-refractivity contribution in [2.24, 2.45) is 0 Å². The molecule has 1 aliphatic carbocycles.